The fourth-order valence-electron chi connectivity index (χ4n) is 3.00. The van der Waals surface area contributed by atoms with E-state index in [0.29, 0.717) is 23.3 Å². The number of ether oxygens (including phenoxy) is 1. The molecule has 12 heteroatoms. The van der Waals surface area contributed by atoms with Crippen LogP contribution in [0.25, 0.3) is 17.0 Å². The summed E-state index contributed by atoms with van der Waals surface area (Å²) in [6.07, 6.45) is 0.501. The molecule has 0 amide bonds. The maximum atomic E-state index is 14.0. The van der Waals surface area contributed by atoms with Crippen molar-refractivity contribution in [2.75, 3.05) is 11.1 Å². The summed E-state index contributed by atoms with van der Waals surface area (Å²) in [7, 11) is 0. The van der Waals surface area contributed by atoms with Gasteiger partial charge in [-0.15, -0.1) is 0 Å². The van der Waals surface area contributed by atoms with Crippen LogP contribution >= 0.6 is 0 Å². The number of rotatable bonds is 6. The second-order valence-corrected chi connectivity index (χ2v) is 6.32. The smallest absolute Gasteiger partial charge is 0.387 e. The van der Waals surface area contributed by atoms with E-state index in [1.165, 1.54) is 18.2 Å². The Kier molecular flexibility index (Phi) is 5.28. The van der Waals surface area contributed by atoms with Crippen LogP contribution in [0.3, 0.4) is 0 Å². The number of fused-ring (bicyclic) bond motifs is 1. The van der Waals surface area contributed by atoms with Crippen molar-refractivity contribution >= 4 is 28.6 Å². The SMILES string of the molecule is CCc1nc2cc(F)ccc2n1-c1nc(N)nc(Nc2ccc(OC(F)F)c(F)c2)n1. The van der Waals surface area contributed by atoms with Crippen molar-refractivity contribution in [1.29, 1.82) is 0 Å². The fraction of sp³-hybridized carbons (Fsp3) is 0.158. The first-order valence-corrected chi connectivity index (χ1v) is 9.04. The van der Waals surface area contributed by atoms with Gasteiger partial charge < -0.3 is 15.8 Å². The number of hydrogen-bond donors (Lipinski definition) is 2. The average molecular weight is 433 g/mol. The van der Waals surface area contributed by atoms with E-state index in [9.17, 15) is 17.6 Å². The molecule has 8 nitrogen and oxygen atoms in total. The molecule has 0 aliphatic heterocycles. The van der Waals surface area contributed by atoms with Crippen LogP contribution in [0.2, 0.25) is 0 Å². The summed E-state index contributed by atoms with van der Waals surface area (Å²) in [5.74, 6) is -1.48. The van der Waals surface area contributed by atoms with Crippen LogP contribution in [-0.2, 0) is 6.42 Å². The van der Waals surface area contributed by atoms with Crippen molar-refractivity contribution in [3.05, 3.63) is 53.9 Å². The highest BCUT2D eigenvalue weighted by Gasteiger charge is 2.17. The molecule has 4 aromatic rings. The number of aromatic nitrogens is 5. The van der Waals surface area contributed by atoms with Crippen molar-refractivity contribution in [3.63, 3.8) is 0 Å². The molecule has 0 bridgehead atoms. The summed E-state index contributed by atoms with van der Waals surface area (Å²) in [6.45, 7) is -1.28. The Hall–Kier alpha value is -3.96. The Labute approximate surface area is 172 Å². The number of imidazole rings is 1. The Morgan fingerprint density at radius 2 is 1.87 bits per heavy atom. The largest absolute Gasteiger partial charge is 0.432 e. The fourth-order valence-corrected chi connectivity index (χ4v) is 3.00. The van der Waals surface area contributed by atoms with Crippen LogP contribution < -0.4 is 15.8 Å². The van der Waals surface area contributed by atoms with Gasteiger partial charge in [0.2, 0.25) is 17.8 Å². The van der Waals surface area contributed by atoms with Crippen molar-refractivity contribution in [1.82, 2.24) is 24.5 Å². The number of nitrogens with zero attached hydrogens (tertiary/aromatic N) is 5. The zero-order valence-electron chi connectivity index (χ0n) is 16.0. The molecule has 0 saturated heterocycles. The summed E-state index contributed by atoms with van der Waals surface area (Å²) < 4.78 is 57.8. The number of nitrogen functional groups attached to an aromatic ring is 1. The Balaban J connectivity index is 1.72. The maximum absolute atomic E-state index is 14.0. The molecule has 160 valence electrons. The van der Waals surface area contributed by atoms with Crippen LogP contribution in [0.4, 0.5) is 35.1 Å². The predicted molar refractivity (Wildman–Crippen MR) is 105 cm³/mol. The molecule has 0 unspecified atom stereocenters. The topological polar surface area (TPSA) is 104 Å². The predicted octanol–water partition coefficient (Wildman–Crippen LogP) is 3.98. The highest BCUT2D eigenvalue weighted by molar-refractivity contribution is 5.78. The minimum atomic E-state index is -3.15. The van der Waals surface area contributed by atoms with Gasteiger partial charge in [-0.2, -0.15) is 23.7 Å². The zero-order chi connectivity index (χ0) is 22.1. The van der Waals surface area contributed by atoms with E-state index < -0.39 is 24.0 Å². The molecular weight excluding hydrogens is 418 g/mol. The van der Waals surface area contributed by atoms with Crippen molar-refractivity contribution < 1.29 is 22.3 Å². The van der Waals surface area contributed by atoms with Gasteiger partial charge in [0, 0.05) is 24.2 Å². The zero-order valence-corrected chi connectivity index (χ0v) is 16.0. The van der Waals surface area contributed by atoms with Gasteiger partial charge >= 0.3 is 6.61 Å². The molecule has 31 heavy (non-hydrogen) atoms. The number of hydrogen-bond acceptors (Lipinski definition) is 7. The quantitative estimate of drug-likeness (QED) is 0.443. The summed E-state index contributed by atoms with van der Waals surface area (Å²) in [5, 5.41) is 2.74. The van der Waals surface area contributed by atoms with E-state index in [4.69, 9.17) is 5.73 Å². The molecule has 2 heterocycles. The normalized spacial score (nSPS) is 11.3. The second kappa shape index (κ2) is 8.05. The van der Waals surface area contributed by atoms with Crippen molar-refractivity contribution in [3.8, 4) is 11.7 Å². The van der Waals surface area contributed by atoms with Gasteiger partial charge in [0.1, 0.15) is 11.6 Å². The number of alkyl halides is 2. The lowest BCUT2D eigenvalue weighted by molar-refractivity contribution is -0.0521. The molecule has 0 radical (unpaired) electrons. The maximum Gasteiger partial charge on any atom is 0.387 e. The van der Waals surface area contributed by atoms with Crippen molar-refractivity contribution in [2.45, 2.75) is 20.0 Å². The molecule has 4 rings (SSSR count). The third kappa shape index (κ3) is 4.17. The van der Waals surface area contributed by atoms with Gasteiger partial charge in [0.05, 0.1) is 11.0 Å². The van der Waals surface area contributed by atoms with Crippen LogP contribution in [0, 0.1) is 11.6 Å². The number of nitrogens with two attached hydrogens (primary N) is 1. The van der Waals surface area contributed by atoms with Gasteiger partial charge in [0.25, 0.3) is 0 Å². The van der Waals surface area contributed by atoms with Gasteiger partial charge in [-0.1, -0.05) is 6.92 Å². The molecule has 0 aliphatic rings. The molecule has 0 spiro atoms. The third-order valence-electron chi connectivity index (χ3n) is 4.25. The van der Waals surface area contributed by atoms with E-state index in [1.807, 2.05) is 6.92 Å². The van der Waals surface area contributed by atoms with E-state index in [0.717, 1.165) is 12.1 Å². The van der Waals surface area contributed by atoms with Gasteiger partial charge in [-0.25, -0.2) is 13.8 Å². The third-order valence-corrected chi connectivity index (χ3v) is 4.25. The molecule has 0 atom stereocenters. The molecule has 0 fully saturated rings. The molecule has 3 N–H and O–H groups in total. The lowest BCUT2D eigenvalue weighted by atomic mass is 10.3. The van der Waals surface area contributed by atoms with Gasteiger partial charge in [0.15, 0.2) is 11.6 Å². The molecular formula is C19H15F4N7O. The van der Waals surface area contributed by atoms with E-state index in [2.05, 4.69) is 30.0 Å². The Morgan fingerprint density at radius 3 is 2.58 bits per heavy atom. The molecule has 0 saturated carbocycles. The first-order chi connectivity index (χ1) is 14.8. The number of halogens is 4. The monoisotopic (exact) mass is 433 g/mol. The lowest BCUT2D eigenvalue weighted by Crippen LogP contribution is -2.11. The second-order valence-electron chi connectivity index (χ2n) is 6.32. The number of benzene rings is 2. The first-order valence-electron chi connectivity index (χ1n) is 9.04. The van der Waals surface area contributed by atoms with Crippen LogP contribution in [0.5, 0.6) is 5.75 Å². The summed E-state index contributed by atoms with van der Waals surface area (Å²) >= 11 is 0. The minimum Gasteiger partial charge on any atom is -0.432 e. The summed E-state index contributed by atoms with van der Waals surface area (Å²) in [5.41, 5.74) is 6.97. The number of nitrogens with one attached hydrogen (secondary N) is 1. The first kappa shape index (κ1) is 20.3. The Morgan fingerprint density at radius 1 is 1.06 bits per heavy atom. The Bertz CT molecular complexity index is 1260. The van der Waals surface area contributed by atoms with Gasteiger partial charge in [-0.3, -0.25) is 4.57 Å². The standard InChI is InChI=1S/C19H15F4N7O/c1-2-15-26-12-7-9(20)3-5-13(12)30(15)19-28-17(24)27-18(29-19)25-10-4-6-14(11(21)8-10)31-16(22)23/h3-8,16H,2H2,1H3,(H3,24,25,27,28,29). The number of anilines is 3. The van der Waals surface area contributed by atoms with E-state index >= 15 is 0 Å². The van der Waals surface area contributed by atoms with Crippen LogP contribution in [0.15, 0.2) is 36.4 Å². The summed E-state index contributed by atoms with van der Waals surface area (Å²) in [6, 6.07) is 7.43. The average Bonchev–Trinajstić information content (AvgIpc) is 3.07. The highest BCUT2D eigenvalue weighted by atomic mass is 19.3. The molecule has 2 aromatic carbocycles. The molecule has 2 aromatic heterocycles. The van der Waals surface area contributed by atoms with E-state index in [-0.39, 0.29) is 23.5 Å². The minimum absolute atomic E-state index is 0.0181. The molecule has 0 aliphatic carbocycles. The van der Waals surface area contributed by atoms with Crippen molar-refractivity contribution in [2.24, 2.45) is 0 Å². The van der Waals surface area contributed by atoms with Crippen LogP contribution in [-0.4, -0.2) is 31.1 Å². The lowest BCUT2D eigenvalue weighted by Gasteiger charge is -2.11. The summed E-state index contributed by atoms with van der Waals surface area (Å²) in [4.78, 5) is 16.8. The van der Waals surface area contributed by atoms with Gasteiger partial charge in [-0.05, 0) is 24.3 Å². The van der Waals surface area contributed by atoms with E-state index in [1.54, 1.807) is 10.6 Å². The van der Waals surface area contributed by atoms with Crippen LogP contribution in [0.1, 0.15) is 12.7 Å². The number of aryl methyl sites for hydroxylation is 1. The highest BCUT2D eigenvalue weighted by Crippen LogP contribution is 2.26.